The quantitative estimate of drug-likeness (QED) is 0.616. The van der Waals surface area contributed by atoms with Gasteiger partial charge in [0, 0.05) is 46.3 Å². The molecule has 1 heterocycles. The number of hydrogen-bond donors (Lipinski definition) is 0. The molecule has 0 N–H and O–H groups in total. The first-order valence-corrected chi connectivity index (χ1v) is 7.59. The van der Waals surface area contributed by atoms with Gasteiger partial charge in [-0.1, -0.05) is 6.58 Å². The van der Waals surface area contributed by atoms with Crippen molar-refractivity contribution in [2.24, 2.45) is 0 Å². The first-order valence-electron chi connectivity index (χ1n) is 5.66. The van der Waals surface area contributed by atoms with Gasteiger partial charge in [0.2, 0.25) is 0 Å². The number of nitrogens with zero attached hydrogens (tertiary/aromatic N) is 2. The Morgan fingerprint density at radius 1 is 1.24 bits per heavy atom. The normalized spacial score (nSPS) is 15.7. The molecule has 5 nitrogen and oxygen atoms in total. The monoisotopic (exact) mass is 258 g/mol. The van der Waals surface area contributed by atoms with E-state index < -0.39 is 8.80 Å². The van der Waals surface area contributed by atoms with Gasteiger partial charge >= 0.3 is 8.80 Å². The van der Waals surface area contributed by atoms with Crippen LogP contribution in [0.25, 0.3) is 0 Å². The maximum atomic E-state index is 5.37. The van der Waals surface area contributed by atoms with E-state index in [9.17, 15) is 0 Å². The van der Waals surface area contributed by atoms with Crippen LogP contribution in [0.15, 0.2) is 25.2 Å². The summed E-state index contributed by atoms with van der Waals surface area (Å²) in [6.07, 6.45) is 6.88. The smallest absolute Gasteiger partial charge is 0.377 e. The molecule has 0 aliphatic carbocycles. The van der Waals surface area contributed by atoms with Crippen molar-refractivity contribution in [1.29, 1.82) is 0 Å². The minimum atomic E-state index is -2.40. The first kappa shape index (κ1) is 14.2. The zero-order valence-corrected chi connectivity index (χ0v) is 11.9. The molecule has 0 aromatic rings. The molecule has 0 spiro atoms. The maximum Gasteiger partial charge on any atom is 0.500 e. The molecule has 0 saturated carbocycles. The Hall–Kier alpha value is -0.823. The Labute approximate surface area is 105 Å². The molecule has 0 bridgehead atoms. The summed E-state index contributed by atoms with van der Waals surface area (Å²) in [5.41, 5.74) is 0. The zero-order valence-electron chi connectivity index (χ0n) is 10.9. The largest absolute Gasteiger partial charge is 0.500 e. The molecular weight excluding hydrogens is 236 g/mol. The van der Waals surface area contributed by atoms with Gasteiger partial charge in [-0.3, -0.25) is 0 Å². The molecule has 0 atom stereocenters. The second-order valence-corrected chi connectivity index (χ2v) is 6.94. The van der Waals surface area contributed by atoms with E-state index in [2.05, 4.69) is 17.7 Å². The molecule has 17 heavy (non-hydrogen) atoms. The molecule has 0 aromatic heterocycles. The van der Waals surface area contributed by atoms with Crippen LogP contribution in [0.5, 0.6) is 0 Å². The fourth-order valence-electron chi connectivity index (χ4n) is 1.80. The van der Waals surface area contributed by atoms with Crippen molar-refractivity contribution >= 4 is 8.80 Å². The summed E-state index contributed by atoms with van der Waals surface area (Å²) in [7, 11) is 2.54. The summed E-state index contributed by atoms with van der Waals surface area (Å²) in [6, 6.07) is 0.828. The van der Waals surface area contributed by atoms with Gasteiger partial charge in [0.15, 0.2) is 0 Å². The molecule has 0 saturated heterocycles. The lowest BCUT2D eigenvalue weighted by Crippen LogP contribution is -2.43. The maximum absolute atomic E-state index is 5.37. The lowest BCUT2D eigenvalue weighted by molar-refractivity contribution is 0.122. The average Bonchev–Trinajstić information content (AvgIpc) is 2.83. The van der Waals surface area contributed by atoms with Gasteiger partial charge in [-0.2, -0.15) is 0 Å². The van der Waals surface area contributed by atoms with Gasteiger partial charge in [0.1, 0.15) is 0 Å². The second-order valence-electron chi connectivity index (χ2n) is 3.85. The highest BCUT2D eigenvalue weighted by atomic mass is 28.4. The van der Waals surface area contributed by atoms with Gasteiger partial charge in [-0.25, -0.2) is 0 Å². The Kier molecular flexibility index (Phi) is 5.70. The Balaban J connectivity index is 2.28. The molecule has 0 aromatic carbocycles. The molecule has 0 amide bonds. The van der Waals surface area contributed by atoms with Gasteiger partial charge in [0.25, 0.3) is 0 Å². The summed E-state index contributed by atoms with van der Waals surface area (Å²) in [5.74, 6) is 0. The molecule has 98 valence electrons. The van der Waals surface area contributed by atoms with Crippen molar-refractivity contribution in [1.82, 2.24) is 9.80 Å². The molecule has 0 fully saturated rings. The highest BCUT2D eigenvalue weighted by molar-refractivity contribution is 6.60. The second kappa shape index (κ2) is 6.80. The van der Waals surface area contributed by atoms with Crippen molar-refractivity contribution in [3.05, 3.63) is 25.2 Å². The van der Waals surface area contributed by atoms with E-state index >= 15 is 0 Å². The highest BCUT2D eigenvalue weighted by Crippen LogP contribution is 2.16. The predicted octanol–water partition coefficient (Wildman–Crippen LogP) is 1.44. The van der Waals surface area contributed by atoms with Crippen LogP contribution in [-0.4, -0.2) is 53.1 Å². The summed E-state index contributed by atoms with van der Waals surface area (Å²) in [4.78, 5) is 4.26. The third-order valence-electron chi connectivity index (χ3n) is 2.91. The summed E-state index contributed by atoms with van der Waals surface area (Å²) >= 11 is 0. The highest BCUT2D eigenvalue weighted by Gasteiger charge is 2.37. The van der Waals surface area contributed by atoms with E-state index in [4.69, 9.17) is 13.3 Å². The van der Waals surface area contributed by atoms with E-state index in [1.165, 1.54) is 0 Å². The van der Waals surface area contributed by atoms with Crippen LogP contribution in [0.3, 0.4) is 0 Å². The summed E-state index contributed by atoms with van der Waals surface area (Å²) < 4.78 is 16.1. The molecule has 0 unspecified atom stereocenters. The van der Waals surface area contributed by atoms with Crippen LogP contribution in [0.4, 0.5) is 0 Å². The summed E-state index contributed by atoms with van der Waals surface area (Å²) in [6.45, 7) is 5.56. The van der Waals surface area contributed by atoms with Crippen molar-refractivity contribution in [2.75, 3.05) is 34.5 Å². The summed E-state index contributed by atoms with van der Waals surface area (Å²) in [5, 5.41) is 0. The van der Waals surface area contributed by atoms with Gasteiger partial charge in [-0.15, -0.1) is 0 Å². The Morgan fingerprint density at radius 3 is 2.35 bits per heavy atom. The van der Waals surface area contributed by atoms with Crippen molar-refractivity contribution in [3.8, 4) is 0 Å². The van der Waals surface area contributed by atoms with Crippen LogP contribution in [0.1, 0.15) is 6.42 Å². The lowest BCUT2D eigenvalue weighted by Gasteiger charge is -2.25. The lowest BCUT2D eigenvalue weighted by atomic mass is 10.4. The SMILES string of the molecule is C=CN1C=CN(CCC[Si](OC)(OC)OC)C1. The first-order chi connectivity index (χ1) is 8.19. The third-order valence-corrected chi connectivity index (χ3v) is 5.74. The van der Waals surface area contributed by atoms with Gasteiger partial charge < -0.3 is 23.1 Å². The fraction of sp³-hybridized carbons (Fsp3) is 0.636. The molecule has 1 aliphatic heterocycles. The van der Waals surface area contributed by atoms with E-state index in [-0.39, 0.29) is 0 Å². The van der Waals surface area contributed by atoms with Crippen LogP contribution < -0.4 is 0 Å². The van der Waals surface area contributed by atoms with E-state index in [1.807, 2.05) is 17.3 Å². The minimum Gasteiger partial charge on any atom is -0.377 e. The number of hydrogen-bond acceptors (Lipinski definition) is 5. The topological polar surface area (TPSA) is 34.2 Å². The van der Waals surface area contributed by atoms with E-state index in [0.29, 0.717) is 0 Å². The average molecular weight is 258 g/mol. The molecule has 1 rings (SSSR count). The van der Waals surface area contributed by atoms with Gasteiger partial charge in [0.05, 0.1) is 6.67 Å². The van der Waals surface area contributed by atoms with Crippen LogP contribution in [0, 0.1) is 0 Å². The Bertz CT molecular complexity index is 261. The zero-order chi connectivity index (χ0) is 12.7. The molecular formula is C11H22N2O3Si. The molecule has 6 heteroatoms. The third kappa shape index (κ3) is 3.85. The fourth-order valence-corrected chi connectivity index (χ4v) is 3.51. The van der Waals surface area contributed by atoms with Crippen molar-refractivity contribution in [3.63, 3.8) is 0 Å². The van der Waals surface area contributed by atoms with Crippen LogP contribution in [0.2, 0.25) is 6.04 Å². The van der Waals surface area contributed by atoms with E-state index in [1.54, 1.807) is 21.3 Å². The minimum absolute atomic E-state index is 0.828. The predicted molar refractivity (Wildman–Crippen MR) is 69.0 cm³/mol. The molecule has 0 radical (unpaired) electrons. The van der Waals surface area contributed by atoms with Crippen LogP contribution >= 0.6 is 0 Å². The van der Waals surface area contributed by atoms with Crippen LogP contribution in [-0.2, 0) is 13.3 Å². The Morgan fingerprint density at radius 2 is 1.88 bits per heavy atom. The number of rotatable bonds is 8. The standard InChI is InChI=1S/C11H22N2O3Si/c1-5-12-8-9-13(11-12)7-6-10-17(14-2,15-3)16-4/h5,8-9H,1,6-7,10-11H2,2-4H3. The van der Waals surface area contributed by atoms with Crippen molar-refractivity contribution in [2.45, 2.75) is 12.5 Å². The van der Waals surface area contributed by atoms with E-state index in [0.717, 1.165) is 25.7 Å². The van der Waals surface area contributed by atoms with Gasteiger partial charge in [-0.05, 0) is 12.6 Å². The van der Waals surface area contributed by atoms with Crippen molar-refractivity contribution < 1.29 is 13.3 Å². The molecule has 1 aliphatic rings.